The Kier molecular flexibility index (Phi) is 3.60. The Bertz CT molecular complexity index is 958. The topological polar surface area (TPSA) is 85.8 Å². The Balaban J connectivity index is 1.62. The summed E-state index contributed by atoms with van der Waals surface area (Å²) in [6, 6.07) is 5.98. The summed E-state index contributed by atoms with van der Waals surface area (Å²) >= 11 is 0. The normalized spacial score (nSPS) is 13.9. The third-order valence-corrected chi connectivity index (χ3v) is 4.07. The van der Waals surface area contributed by atoms with Gasteiger partial charge in [-0.05, 0) is 50.5 Å². The van der Waals surface area contributed by atoms with Crippen molar-refractivity contribution in [1.29, 1.82) is 0 Å². The molecule has 0 atom stereocenters. The van der Waals surface area contributed by atoms with Gasteiger partial charge in [0.2, 0.25) is 11.7 Å². The Hall–Kier alpha value is -3.03. The van der Waals surface area contributed by atoms with Crippen LogP contribution in [0.3, 0.4) is 0 Å². The van der Waals surface area contributed by atoms with E-state index in [0.29, 0.717) is 23.0 Å². The zero-order valence-corrected chi connectivity index (χ0v) is 13.8. The van der Waals surface area contributed by atoms with Crippen molar-refractivity contribution in [2.45, 2.75) is 32.6 Å². The molecule has 1 saturated carbocycles. The van der Waals surface area contributed by atoms with Gasteiger partial charge in [0, 0.05) is 12.0 Å². The molecule has 1 fully saturated rings. The summed E-state index contributed by atoms with van der Waals surface area (Å²) in [5.41, 5.74) is 2.11. The Morgan fingerprint density at radius 2 is 2.12 bits per heavy atom. The van der Waals surface area contributed by atoms with Crippen LogP contribution in [0.15, 0.2) is 28.8 Å². The minimum absolute atomic E-state index is 0.130. The lowest BCUT2D eigenvalue weighted by molar-refractivity contribution is 0.0986. The molecule has 0 saturated heterocycles. The van der Waals surface area contributed by atoms with E-state index >= 15 is 0 Å². The van der Waals surface area contributed by atoms with E-state index < -0.39 is 5.91 Å². The second-order valence-electron chi connectivity index (χ2n) is 6.17. The number of amides is 1. The van der Waals surface area contributed by atoms with Gasteiger partial charge < -0.3 is 4.52 Å². The smallest absolute Gasteiger partial charge is 0.296 e. The van der Waals surface area contributed by atoms with Gasteiger partial charge in [0.15, 0.2) is 0 Å². The number of carbonyl (C=O) groups excluding carboxylic acids is 1. The van der Waals surface area contributed by atoms with Crippen LogP contribution < -0.4 is 5.32 Å². The van der Waals surface area contributed by atoms with E-state index in [0.717, 1.165) is 18.5 Å². The molecule has 128 valence electrons. The van der Waals surface area contributed by atoms with Crippen molar-refractivity contribution in [1.82, 2.24) is 19.9 Å². The van der Waals surface area contributed by atoms with Crippen molar-refractivity contribution in [3.8, 4) is 5.69 Å². The highest BCUT2D eigenvalue weighted by atomic mass is 19.1. The summed E-state index contributed by atoms with van der Waals surface area (Å²) < 4.78 is 19.9. The first-order valence-corrected chi connectivity index (χ1v) is 7.99. The largest absolute Gasteiger partial charge is 0.351 e. The molecular weight excluding hydrogens is 325 g/mol. The first-order valence-electron chi connectivity index (χ1n) is 7.99. The van der Waals surface area contributed by atoms with Crippen molar-refractivity contribution >= 4 is 11.9 Å². The molecule has 0 unspecified atom stereocenters. The number of nitrogens with one attached hydrogen (secondary N) is 1. The fourth-order valence-corrected chi connectivity index (χ4v) is 2.65. The monoisotopic (exact) mass is 341 g/mol. The van der Waals surface area contributed by atoms with Crippen LogP contribution in [0.4, 0.5) is 10.3 Å². The molecule has 1 amide bonds. The number of aromatic nitrogens is 4. The molecular formula is C17H16FN5O2. The molecule has 1 N–H and O–H groups in total. The second kappa shape index (κ2) is 5.80. The summed E-state index contributed by atoms with van der Waals surface area (Å²) in [4.78, 5) is 16.7. The highest BCUT2D eigenvalue weighted by molar-refractivity contribution is 6.01. The van der Waals surface area contributed by atoms with Gasteiger partial charge in [-0.3, -0.25) is 10.1 Å². The maximum Gasteiger partial charge on any atom is 0.296 e. The number of halogens is 1. The molecule has 2 heterocycles. The predicted molar refractivity (Wildman–Crippen MR) is 87.2 cm³/mol. The van der Waals surface area contributed by atoms with Crippen LogP contribution in [0.1, 0.15) is 46.4 Å². The fraction of sp³-hybridized carbons (Fsp3) is 0.294. The summed E-state index contributed by atoms with van der Waals surface area (Å²) in [5, 5.41) is 10.9. The van der Waals surface area contributed by atoms with Gasteiger partial charge in [-0.15, -0.1) is 5.10 Å². The molecule has 2 aromatic heterocycles. The molecule has 3 aromatic rings. The number of anilines is 1. The minimum Gasteiger partial charge on any atom is -0.351 e. The SMILES string of the molecule is Cc1nc(NC(=O)c2cc(C3CC3)no2)n(-c2ccc(F)cc2C)n1. The number of hydrogen-bond donors (Lipinski definition) is 1. The highest BCUT2D eigenvalue weighted by Crippen LogP contribution is 2.39. The zero-order valence-electron chi connectivity index (χ0n) is 13.8. The molecule has 7 nitrogen and oxygen atoms in total. The molecule has 4 rings (SSSR count). The van der Waals surface area contributed by atoms with Gasteiger partial charge in [0.05, 0.1) is 11.4 Å². The van der Waals surface area contributed by atoms with Gasteiger partial charge in [-0.1, -0.05) is 5.16 Å². The van der Waals surface area contributed by atoms with Crippen molar-refractivity contribution in [2.24, 2.45) is 0 Å². The summed E-state index contributed by atoms with van der Waals surface area (Å²) in [6.07, 6.45) is 2.15. The van der Waals surface area contributed by atoms with Crippen molar-refractivity contribution in [2.75, 3.05) is 5.32 Å². The van der Waals surface area contributed by atoms with Gasteiger partial charge in [-0.2, -0.15) is 9.67 Å². The number of aryl methyl sites for hydroxylation is 2. The molecule has 1 aromatic carbocycles. The number of nitrogens with zero attached hydrogens (tertiary/aromatic N) is 4. The van der Waals surface area contributed by atoms with Crippen LogP contribution >= 0.6 is 0 Å². The quantitative estimate of drug-likeness (QED) is 0.788. The first-order chi connectivity index (χ1) is 12.0. The average Bonchev–Trinajstić information content (AvgIpc) is 3.18. The van der Waals surface area contributed by atoms with Crippen molar-refractivity contribution in [3.05, 3.63) is 52.9 Å². The number of rotatable bonds is 4. The molecule has 1 aliphatic rings. The molecule has 25 heavy (non-hydrogen) atoms. The lowest BCUT2D eigenvalue weighted by atomic mass is 10.2. The second-order valence-corrected chi connectivity index (χ2v) is 6.17. The molecule has 0 aliphatic heterocycles. The molecule has 0 spiro atoms. The predicted octanol–water partition coefficient (Wildman–Crippen LogP) is 3.14. The van der Waals surface area contributed by atoms with E-state index in [4.69, 9.17) is 4.52 Å². The Labute approximate surface area is 142 Å². The van der Waals surface area contributed by atoms with E-state index in [1.54, 1.807) is 26.0 Å². The van der Waals surface area contributed by atoms with Crippen molar-refractivity contribution < 1.29 is 13.7 Å². The Morgan fingerprint density at radius 1 is 1.32 bits per heavy atom. The van der Waals surface area contributed by atoms with Crippen LogP contribution in [0.25, 0.3) is 5.69 Å². The average molecular weight is 341 g/mol. The standard InChI is InChI=1S/C17H16FN5O2/c1-9-7-12(18)5-6-14(9)23-17(19-10(2)21-23)20-16(24)15-8-13(22-25-15)11-3-4-11/h5-8,11H,3-4H2,1-2H3,(H,19,20,21,24). The summed E-state index contributed by atoms with van der Waals surface area (Å²) in [5.74, 6) is 0.464. The van der Waals surface area contributed by atoms with Gasteiger partial charge in [0.1, 0.15) is 11.6 Å². The third kappa shape index (κ3) is 3.02. The van der Waals surface area contributed by atoms with E-state index in [9.17, 15) is 9.18 Å². The molecule has 1 aliphatic carbocycles. The Morgan fingerprint density at radius 3 is 2.84 bits per heavy atom. The van der Waals surface area contributed by atoms with Crippen LogP contribution in [0, 0.1) is 19.7 Å². The van der Waals surface area contributed by atoms with Crippen LogP contribution in [0.5, 0.6) is 0 Å². The number of hydrogen-bond acceptors (Lipinski definition) is 5. The van der Waals surface area contributed by atoms with E-state index in [1.165, 1.54) is 16.8 Å². The van der Waals surface area contributed by atoms with Gasteiger partial charge in [0.25, 0.3) is 5.91 Å². The minimum atomic E-state index is -0.451. The van der Waals surface area contributed by atoms with Crippen LogP contribution in [-0.4, -0.2) is 25.8 Å². The van der Waals surface area contributed by atoms with E-state index in [-0.39, 0.29) is 17.5 Å². The lowest BCUT2D eigenvalue weighted by Gasteiger charge is -2.09. The maximum absolute atomic E-state index is 13.3. The van der Waals surface area contributed by atoms with E-state index in [1.807, 2.05) is 0 Å². The van der Waals surface area contributed by atoms with Gasteiger partial charge in [-0.25, -0.2) is 4.39 Å². The fourth-order valence-electron chi connectivity index (χ4n) is 2.65. The third-order valence-electron chi connectivity index (χ3n) is 4.07. The van der Waals surface area contributed by atoms with Crippen molar-refractivity contribution in [3.63, 3.8) is 0 Å². The van der Waals surface area contributed by atoms with E-state index in [2.05, 4.69) is 20.6 Å². The summed E-state index contributed by atoms with van der Waals surface area (Å²) in [6.45, 7) is 3.48. The maximum atomic E-state index is 13.3. The van der Waals surface area contributed by atoms with Crippen LogP contribution in [0.2, 0.25) is 0 Å². The lowest BCUT2D eigenvalue weighted by Crippen LogP contribution is -2.15. The highest BCUT2D eigenvalue weighted by Gasteiger charge is 2.28. The molecule has 8 heteroatoms. The number of carbonyl (C=O) groups is 1. The number of benzene rings is 1. The summed E-state index contributed by atoms with van der Waals surface area (Å²) in [7, 11) is 0. The van der Waals surface area contributed by atoms with Crippen LogP contribution in [-0.2, 0) is 0 Å². The first kappa shape index (κ1) is 15.5. The zero-order chi connectivity index (χ0) is 17.6. The van der Waals surface area contributed by atoms with Gasteiger partial charge >= 0.3 is 0 Å². The molecule has 0 bridgehead atoms. The molecule has 0 radical (unpaired) electrons.